The third-order valence-electron chi connectivity index (χ3n) is 7.28. The second-order valence-electron chi connectivity index (χ2n) is 12.2. The summed E-state index contributed by atoms with van der Waals surface area (Å²) in [5.74, 6) is 4.94. The van der Waals surface area contributed by atoms with Crippen molar-refractivity contribution >= 4 is 33.9 Å². The van der Waals surface area contributed by atoms with Gasteiger partial charge >= 0.3 is 17.8 Å². The van der Waals surface area contributed by atoms with Gasteiger partial charge < -0.3 is 19.1 Å². The molecule has 50 heavy (non-hydrogen) atoms. The molecular formula is C33H35F3N6O7S. The first-order valence-electron chi connectivity index (χ1n) is 14.8. The summed E-state index contributed by atoms with van der Waals surface area (Å²) in [7, 11) is 3.58. The third-order valence-corrected chi connectivity index (χ3v) is 8.32. The minimum Gasteiger partial charge on any atom is -0.554 e. The number of hydrogen-bond donors (Lipinski definition) is 0. The zero-order chi connectivity index (χ0) is 37.6. The van der Waals surface area contributed by atoms with Crippen LogP contribution in [0.3, 0.4) is 0 Å². The molecule has 13 nitrogen and oxygen atoms in total. The number of carbonyl (C=O) groups is 2. The summed E-state index contributed by atoms with van der Waals surface area (Å²) in [6, 6.07) is 9.79. The highest BCUT2D eigenvalue weighted by molar-refractivity contribution is 7.90. The topological polar surface area (TPSA) is 167 Å². The van der Waals surface area contributed by atoms with Crippen LogP contribution in [0.25, 0.3) is 0 Å². The molecule has 0 amide bonds. The highest BCUT2D eigenvalue weighted by Gasteiger charge is 2.41. The Hall–Kier alpha value is -5.39. The van der Waals surface area contributed by atoms with E-state index in [4.69, 9.17) is 14.6 Å². The van der Waals surface area contributed by atoms with Crippen molar-refractivity contribution in [2.75, 3.05) is 51.7 Å². The van der Waals surface area contributed by atoms with Crippen LogP contribution < -0.4 is 15.7 Å². The largest absolute Gasteiger partial charge is 0.554 e. The van der Waals surface area contributed by atoms with E-state index in [-0.39, 0.29) is 47.2 Å². The number of anilines is 2. The Bertz CT molecular complexity index is 2080. The molecule has 2 heterocycles. The Morgan fingerprint density at radius 3 is 2.40 bits per heavy atom. The monoisotopic (exact) mass is 716 g/mol. The Morgan fingerprint density at radius 2 is 1.84 bits per heavy atom. The number of allylic oxidation sites excluding steroid dienone is 1. The van der Waals surface area contributed by atoms with Crippen molar-refractivity contribution in [3.8, 4) is 17.9 Å². The zero-order valence-electron chi connectivity index (χ0n) is 28.1. The van der Waals surface area contributed by atoms with E-state index in [1.807, 2.05) is 21.1 Å². The maximum absolute atomic E-state index is 14.1. The van der Waals surface area contributed by atoms with E-state index in [1.54, 1.807) is 6.07 Å². The second-order valence-corrected chi connectivity index (χ2v) is 14.5. The molecule has 0 bridgehead atoms. The number of carboxylic acid groups (broad SMARTS) is 1. The van der Waals surface area contributed by atoms with Gasteiger partial charge in [-0.25, -0.2) is 27.3 Å². The number of nitriles is 1. The molecule has 1 aromatic heterocycles. The van der Waals surface area contributed by atoms with Crippen molar-refractivity contribution in [1.82, 2.24) is 14.3 Å². The van der Waals surface area contributed by atoms with E-state index in [1.165, 1.54) is 36.1 Å². The average Bonchev–Trinajstić information content (AvgIpc) is 3.33. The molecule has 0 saturated heterocycles. The Balaban J connectivity index is 0.00000217. The number of halogens is 3. The predicted octanol–water partition coefficient (Wildman–Crippen LogP) is 1.98. The van der Waals surface area contributed by atoms with Gasteiger partial charge in [-0.2, -0.15) is 18.4 Å². The second kappa shape index (κ2) is 15.4. The Morgan fingerprint density at radius 1 is 1.18 bits per heavy atom. The van der Waals surface area contributed by atoms with E-state index in [9.17, 15) is 36.4 Å². The number of sulfone groups is 1. The summed E-state index contributed by atoms with van der Waals surface area (Å²) in [5, 5.41) is 22.4. The summed E-state index contributed by atoms with van der Waals surface area (Å²) in [6.07, 6.45) is -3.61. The number of nitrogens with zero attached hydrogens (tertiary/aromatic N) is 6. The Labute approximate surface area is 286 Å². The van der Waals surface area contributed by atoms with Crippen LogP contribution in [0, 0.1) is 23.2 Å². The molecule has 1 aliphatic rings. The van der Waals surface area contributed by atoms with Crippen molar-refractivity contribution in [2.24, 2.45) is 0 Å². The van der Waals surface area contributed by atoms with Gasteiger partial charge in [0, 0.05) is 36.2 Å². The lowest BCUT2D eigenvalue weighted by atomic mass is 9.90. The van der Waals surface area contributed by atoms with Gasteiger partial charge in [-0.05, 0) is 55.2 Å². The number of esters is 1. The van der Waals surface area contributed by atoms with Crippen molar-refractivity contribution in [3.63, 3.8) is 0 Å². The molecule has 4 rings (SSSR count). The first-order valence-corrected chi connectivity index (χ1v) is 16.9. The highest BCUT2D eigenvalue weighted by Crippen LogP contribution is 2.43. The van der Waals surface area contributed by atoms with E-state index in [0.717, 1.165) is 34.7 Å². The summed E-state index contributed by atoms with van der Waals surface area (Å²) >= 11 is 0. The summed E-state index contributed by atoms with van der Waals surface area (Å²) in [5.41, 5.74) is -0.728. The molecule has 1 aliphatic heterocycles. The standard InChI is InChI=1S/C32H34F3N6O5S.CH2O2/c1-21-27(29(42)46-5)28(26-14-13-22(20-36)18-23(26)10-8-16-41(2,3)4)40-30(37-38(31(40)43)15-9-17-47(6,44)45)39(21)25-12-7-11-24(19-25)32(33,34)35;2-1-3/h7,11-14,18-19,28H,9,15-17H2,1-6H3;1H,(H,2,3)/q+1;/p-1. The van der Waals surface area contributed by atoms with E-state index < -0.39 is 45.8 Å². The SMILES string of the molecule is COC(=O)C1=C(C)N(c2cccc(C(F)(F)F)c2)c2nn(CCCS(C)(=O)=O)c(=O)n2C1c1ccc(C#N)cc1C#CC[N+](C)(C)C.O=C[O-]. The zero-order valence-corrected chi connectivity index (χ0v) is 28.9. The molecule has 0 N–H and O–H groups in total. The van der Waals surface area contributed by atoms with Gasteiger partial charge in [-0.15, -0.1) is 5.10 Å². The number of aromatic nitrogens is 3. The van der Waals surface area contributed by atoms with Crippen LogP contribution in [0.5, 0.6) is 0 Å². The van der Waals surface area contributed by atoms with Crippen LogP contribution in [-0.2, 0) is 36.9 Å². The first-order chi connectivity index (χ1) is 23.3. The summed E-state index contributed by atoms with van der Waals surface area (Å²) in [6.45, 7) is 1.29. The van der Waals surface area contributed by atoms with Gasteiger partial charge in [0.15, 0.2) is 0 Å². The summed E-state index contributed by atoms with van der Waals surface area (Å²) < 4.78 is 72.8. The highest BCUT2D eigenvalue weighted by atomic mass is 32.2. The number of benzene rings is 2. The molecular weight excluding hydrogens is 681 g/mol. The van der Waals surface area contributed by atoms with Crippen LogP contribution in [0.2, 0.25) is 0 Å². The van der Waals surface area contributed by atoms with Gasteiger partial charge in [0.05, 0.1) is 56.8 Å². The molecule has 0 spiro atoms. The van der Waals surface area contributed by atoms with E-state index in [0.29, 0.717) is 22.2 Å². The Kier molecular flexibility index (Phi) is 12.1. The number of rotatable bonds is 8. The molecule has 0 saturated carbocycles. The fraction of sp³-hybridized carbons (Fsp3) is 0.364. The fourth-order valence-electron chi connectivity index (χ4n) is 5.15. The van der Waals surface area contributed by atoms with Crippen LogP contribution in [-0.4, -0.2) is 86.5 Å². The lowest BCUT2D eigenvalue weighted by Crippen LogP contribution is -2.39. The molecule has 0 radical (unpaired) electrons. The van der Waals surface area contributed by atoms with Crippen molar-refractivity contribution in [1.29, 1.82) is 5.26 Å². The molecule has 266 valence electrons. The fourth-order valence-corrected chi connectivity index (χ4v) is 5.80. The van der Waals surface area contributed by atoms with Gasteiger partial charge in [0.1, 0.15) is 22.4 Å². The maximum atomic E-state index is 14.1. The van der Waals surface area contributed by atoms with Crippen LogP contribution >= 0.6 is 0 Å². The third kappa shape index (κ3) is 9.19. The molecule has 1 unspecified atom stereocenters. The van der Waals surface area contributed by atoms with Crippen molar-refractivity contribution in [3.05, 3.63) is 86.5 Å². The summed E-state index contributed by atoms with van der Waals surface area (Å²) in [4.78, 5) is 37.2. The number of hydrogen-bond acceptors (Lipinski definition) is 10. The van der Waals surface area contributed by atoms with E-state index >= 15 is 0 Å². The number of ether oxygens (including phenoxy) is 1. The number of alkyl halides is 3. The molecule has 17 heteroatoms. The van der Waals surface area contributed by atoms with Gasteiger partial charge in [-0.1, -0.05) is 18.1 Å². The smallest absolute Gasteiger partial charge is 0.416 e. The van der Waals surface area contributed by atoms with Gasteiger partial charge in [0.25, 0.3) is 0 Å². The molecule has 2 aromatic carbocycles. The van der Waals surface area contributed by atoms with Crippen molar-refractivity contribution in [2.45, 2.75) is 32.1 Å². The number of methoxy groups -OCH3 is 1. The van der Waals surface area contributed by atoms with Crippen molar-refractivity contribution < 1.29 is 45.5 Å². The maximum Gasteiger partial charge on any atom is 0.416 e. The number of quaternary nitrogens is 1. The van der Waals surface area contributed by atoms with E-state index in [2.05, 4.69) is 23.0 Å². The first kappa shape index (κ1) is 39.1. The average molecular weight is 717 g/mol. The van der Waals surface area contributed by atoms with Crippen LogP contribution in [0.1, 0.15) is 41.6 Å². The van der Waals surface area contributed by atoms with Gasteiger partial charge in [-0.3, -0.25) is 4.90 Å². The van der Waals surface area contributed by atoms with Crippen LogP contribution in [0.4, 0.5) is 24.8 Å². The lowest BCUT2D eigenvalue weighted by molar-refractivity contribution is -0.862. The van der Waals surface area contributed by atoms with Gasteiger partial charge in [0.2, 0.25) is 5.95 Å². The number of aryl methyl sites for hydroxylation is 1. The minimum atomic E-state index is -4.69. The molecule has 3 aromatic rings. The van der Waals surface area contributed by atoms with Crippen LogP contribution in [0.15, 0.2) is 58.5 Å². The normalized spacial score (nSPS) is 14.4. The lowest BCUT2D eigenvalue weighted by Gasteiger charge is -2.35. The number of fused-ring (bicyclic) bond motifs is 1. The molecule has 0 aliphatic carbocycles. The quantitative estimate of drug-likeness (QED) is 0.146. The number of carbonyl (C=O) groups excluding carboxylic acids is 2. The predicted molar refractivity (Wildman–Crippen MR) is 174 cm³/mol. The molecule has 1 atom stereocenters. The molecule has 0 fully saturated rings. The minimum absolute atomic E-state index is 0.0261.